The lowest BCUT2D eigenvalue weighted by molar-refractivity contribution is 0.00514. The van der Waals surface area contributed by atoms with Gasteiger partial charge in [0.2, 0.25) is 5.76 Å². The molecule has 0 spiro atoms. The molecular weight excluding hydrogens is 380 g/mol. The molecule has 1 atom stereocenters. The van der Waals surface area contributed by atoms with Crippen LogP contribution in [0.2, 0.25) is 5.02 Å². The predicted molar refractivity (Wildman–Crippen MR) is 99.6 cm³/mol. The monoisotopic (exact) mass is 394 g/mol. The topological polar surface area (TPSA) is 79.5 Å². The largest absolute Gasteiger partial charge is 0.351 e. The number of hydrogen-bond donors (Lipinski definition) is 0. The van der Waals surface area contributed by atoms with E-state index in [1.807, 2.05) is 12.1 Å². The van der Waals surface area contributed by atoms with Crippen molar-refractivity contribution in [2.24, 2.45) is 0 Å². The number of benzene rings is 1. The van der Waals surface area contributed by atoms with E-state index < -0.39 is 5.66 Å². The molecule has 7 nitrogen and oxygen atoms in total. The summed E-state index contributed by atoms with van der Waals surface area (Å²) in [6.45, 7) is 0.789. The van der Waals surface area contributed by atoms with E-state index in [1.54, 1.807) is 40.3 Å². The molecule has 1 unspecified atom stereocenters. The molecule has 0 N–H and O–H groups in total. The summed E-state index contributed by atoms with van der Waals surface area (Å²) in [5, 5.41) is 4.23. The third-order valence-electron chi connectivity index (χ3n) is 5.42. The molecule has 0 saturated carbocycles. The van der Waals surface area contributed by atoms with Crippen molar-refractivity contribution in [2.75, 3.05) is 13.1 Å². The second-order valence-corrected chi connectivity index (χ2v) is 7.22. The fourth-order valence-electron chi connectivity index (χ4n) is 4.19. The normalized spacial score (nSPS) is 20.8. The van der Waals surface area contributed by atoms with Gasteiger partial charge in [-0.05, 0) is 29.8 Å². The van der Waals surface area contributed by atoms with E-state index in [9.17, 15) is 9.59 Å². The van der Waals surface area contributed by atoms with Crippen LogP contribution in [0.25, 0.3) is 0 Å². The highest BCUT2D eigenvalue weighted by Gasteiger charge is 2.56. The SMILES string of the molecule is O=C(c1ccno1)N1CCN2C(=O)c3cccnc3CC12c1ccc(Cl)cc1. The number of nitrogens with zero attached hydrogens (tertiary/aromatic N) is 4. The maximum atomic E-state index is 13.3. The van der Waals surface area contributed by atoms with E-state index in [0.717, 1.165) is 5.56 Å². The molecule has 8 heteroatoms. The number of carbonyl (C=O) groups excluding carboxylic acids is 2. The van der Waals surface area contributed by atoms with Crippen molar-refractivity contribution in [2.45, 2.75) is 12.1 Å². The molecule has 2 aromatic heterocycles. The molecule has 0 radical (unpaired) electrons. The van der Waals surface area contributed by atoms with Crippen LogP contribution in [-0.4, -0.2) is 44.8 Å². The van der Waals surface area contributed by atoms with Crippen LogP contribution in [0.5, 0.6) is 0 Å². The van der Waals surface area contributed by atoms with Crippen LogP contribution in [-0.2, 0) is 12.1 Å². The molecule has 2 aliphatic rings. The van der Waals surface area contributed by atoms with Crippen molar-refractivity contribution in [3.63, 3.8) is 0 Å². The highest BCUT2D eigenvalue weighted by atomic mass is 35.5. The number of halogens is 1. The van der Waals surface area contributed by atoms with Crippen LogP contribution >= 0.6 is 11.6 Å². The molecule has 4 heterocycles. The first-order valence-electron chi connectivity index (χ1n) is 8.86. The summed E-state index contributed by atoms with van der Waals surface area (Å²) < 4.78 is 5.10. The molecule has 3 aromatic rings. The number of aromatic nitrogens is 2. The van der Waals surface area contributed by atoms with Gasteiger partial charge in [0.15, 0.2) is 0 Å². The molecular formula is C20H15ClN4O3. The lowest BCUT2D eigenvalue weighted by atomic mass is 9.86. The van der Waals surface area contributed by atoms with Gasteiger partial charge in [0, 0.05) is 36.8 Å². The molecule has 1 saturated heterocycles. The molecule has 0 aliphatic carbocycles. The summed E-state index contributed by atoms with van der Waals surface area (Å²) in [5.41, 5.74) is 1.04. The Morgan fingerprint density at radius 2 is 1.93 bits per heavy atom. The standard InChI is InChI=1S/C20H15ClN4O3/c21-14-5-3-13(4-6-14)20-12-16-15(2-1-8-22-16)18(26)24(20)10-11-25(20)19(27)17-7-9-23-28-17/h1-9H,10-12H2. The number of pyridine rings is 1. The minimum absolute atomic E-state index is 0.134. The molecule has 5 rings (SSSR count). The smallest absolute Gasteiger partial charge is 0.294 e. The van der Waals surface area contributed by atoms with Crippen LogP contribution in [0, 0.1) is 0 Å². The number of hydrogen-bond acceptors (Lipinski definition) is 5. The van der Waals surface area contributed by atoms with Crippen LogP contribution in [0.3, 0.4) is 0 Å². The Morgan fingerprint density at radius 3 is 2.68 bits per heavy atom. The van der Waals surface area contributed by atoms with Crippen molar-refractivity contribution in [3.05, 3.63) is 82.5 Å². The molecule has 0 bridgehead atoms. The number of carbonyl (C=O) groups is 2. The average molecular weight is 395 g/mol. The zero-order valence-corrected chi connectivity index (χ0v) is 15.5. The predicted octanol–water partition coefficient (Wildman–Crippen LogP) is 2.73. The van der Waals surface area contributed by atoms with Crippen LogP contribution in [0.15, 0.2) is 59.4 Å². The first kappa shape index (κ1) is 16.9. The van der Waals surface area contributed by atoms with Crippen LogP contribution in [0.4, 0.5) is 0 Å². The first-order valence-corrected chi connectivity index (χ1v) is 9.23. The van der Waals surface area contributed by atoms with Gasteiger partial charge in [-0.2, -0.15) is 0 Å². The Morgan fingerprint density at radius 1 is 1.11 bits per heavy atom. The fourth-order valence-corrected chi connectivity index (χ4v) is 4.31. The van der Waals surface area contributed by atoms with Gasteiger partial charge < -0.3 is 14.3 Å². The van der Waals surface area contributed by atoms with Crippen molar-refractivity contribution in [1.29, 1.82) is 0 Å². The Bertz CT molecular complexity index is 1070. The zero-order valence-electron chi connectivity index (χ0n) is 14.7. The second kappa shape index (κ2) is 6.17. The van der Waals surface area contributed by atoms with Gasteiger partial charge in [-0.1, -0.05) is 28.9 Å². The quantitative estimate of drug-likeness (QED) is 0.667. The summed E-state index contributed by atoms with van der Waals surface area (Å²) >= 11 is 6.08. The minimum atomic E-state index is -0.993. The van der Waals surface area contributed by atoms with Gasteiger partial charge in [-0.3, -0.25) is 14.6 Å². The van der Waals surface area contributed by atoms with Gasteiger partial charge in [0.1, 0.15) is 5.66 Å². The summed E-state index contributed by atoms with van der Waals surface area (Å²) in [7, 11) is 0. The van der Waals surface area contributed by atoms with Crippen molar-refractivity contribution in [3.8, 4) is 0 Å². The summed E-state index contributed by atoms with van der Waals surface area (Å²) in [5.74, 6) is -0.325. The Labute approximate surface area is 165 Å². The molecule has 140 valence electrons. The molecule has 1 fully saturated rings. The third kappa shape index (κ3) is 2.29. The first-order chi connectivity index (χ1) is 13.6. The minimum Gasteiger partial charge on any atom is -0.351 e. The maximum absolute atomic E-state index is 13.3. The van der Waals surface area contributed by atoms with Gasteiger partial charge in [-0.25, -0.2) is 0 Å². The molecule has 2 amide bonds. The van der Waals surface area contributed by atoms with Crippen LogP contribution < -0.4 is 0 Å². The van der Waals surface area contributed by atoms with E-state index >= 15 is 0 Å². The Balaban J connectivity index is 1.71. The van der Waals surface area contributed by atoms with Crippen molar-refractivity contribution < 1.29 is 14.1 Å². The number of amides is 2. The van der Waals surface area contributed by atoms with Gasteiger partial charge in [0.05, 0.1) is 17.5 Å². The second-order valence-electron chi connectivity index (χ2n) is 6.79. The van der Waals surface area contributed by atoms with Crippen molar-refractivity contribution in [1.82, 2.24) is 19.9 Å². The zero-order chi connectivity index (χ0) is 19.3. The molecule has 2 aliphatic heterocycles. The van der Waals surface area contributed by atoms with Gasteiger partial charge in [0.25, 0.3) is 11.8 Å². The average Bonchev–Trinajstić information content (AvgIpc) is 3.37. The number of rotatable bonds is 2. The Kier molecular flexibility index (Phi) is 3.73. The van der Waals surface area contributed by atoms with Crippen molar-refractivity contribution >= 4 is 23.4 Å². The van der Waals surface area contributed by atoms with E-state index in [0.29, 0.717) is 35.8 Å². The highest BCUT2D eigenvalue weighted by Crippen LogP contribution is 2.45. The lowest BCUT2D eigenvalue weighted by Gasteiger charge is -2.46. The summed E-state index contributed by atoms with van der Waals surface area (Å²) in [6.07, 6.45) is 3.48. The Hall–Kier alpha value is -3.19. The van der Waals surface area contributed by atoms with E-state index in [-0.39, 0.29) is 17.6 Å². The van der Waals surface area contributed by atoms with E-state index in [4.69, 9.17) is 16.1 Å². The maximum Gasteiger partial charge on any atom is 0.294 e. The van der Waals surface area contributed by atoms with Gasteiger partial charge in [-0.15, -0.1) is 0 Å². The fraction of sp³-hybridized carbons (Fsp3) is 0.200. The third-order valence-corrected chi connectivity index (χ3v) is 5.67. The summed E-state index contributed by atoms with van der Waals surface area (Å²) in [4.78, 5) is 34.4. The lowest BCUT2D eigenvalue weighted by Crippen LogP contribution is -2.58. The molecule has 28 heavy (non-hydrogen) atoms. The van der Waals surface area contributed by atoms with Crippen LogP contribution in [0.1, 0.15) is 32.2 Å². The summed E-state index contributed by atoms with van der Waals surface area (Å²) in [6, 6.07) is 12.3. The van der Waals surface area contributed by atoms with E-state index in [2.05, 4.69) is 10.1 Å². The molecule has 1 aromatic carbocycles. The van der Waals surface area contributed by atoms with Gasteiger partial charge >= 0.3 is 0 Å². The number of fused-ring (bicyclic) bond motifs is 2. The van der Waals surface area contributed by atoms with E-state index in [1.165, 1.54) is 12.3 Å². The highest BCUT2D eigenvalue weighted by molar-refractivity contribution is 6.30.